The summed E-state index contributed by atoms with van der Waals surface area (Å²) in [5.74, 6) is 0.381. The molecule has 1 N–H and O–H groups in total. The molecule has 1 aromatic heterocycles. The van der Waals surface area contributed by atoms with E-state index in [0.29, 0.717) is 18.9 Å². The highest BCUT2D eigenvalue weighted by molar-refractivity contribution is 5.87. The smallest absolute Gasteiger partial charge is 0.224 e. The Morgan fingerprint density at radius 1 is 1.17 bits per heavy atom. The number of furan rings is 1. The van der Waals surface area contributed by atoms with E-state index in [0.717, 1.165) is 28.5 Å². The summed E-state index contributed by atoms with van der Waals surface area (Å²) in [5.41, 5.74) is 4.20. The first-order valence-corrected chi connectivity index (χ1v) is 8.45. The number of amides is 1. The molecule has 1 atom stereocenters. The maximum absolute atomic E-state index is 12.3. The zero-order chi connectivity index (χ0) is 16.9. The molecule has 0 bridgehead atoms. The number of benzene rings is 2. The molecule has 0 aliphatic carbocycles. The first-order valence-electron chi connectivity index (χ1n) is 8.45. The summed E-state index contributed by atoms with van der Waals surface area (Å²) in [6.45, 7) is 4.84. The van der Waals surface area contributed by atoms with Gasteiger partial charge in [-0.05, 0) is 30.5 Å². The standard InChI is InChI=1S/C21H23NO2/c1-3-16(17-7-5-4-6-8-17)13-22-21(23)12-18-14-24-20-11-15(2)9-10-19(18)20/h4-11,14,16H,3,12-13H2,1-2H3,(H,22,23). The van der Waals surface area contributed by atoms with Crippen LogP contribution in [0.4, 0.5) is 0 Å². The van der Waals surface area contributed by atoms with Gasteiger partial charge in [0.2, 0.25) is 5.91 Å². The number of fused-ring (bicyclic) bond motifs is 1. The molecular weight excluding hydrogens is 298 g/mol. The zero-order valence-corrected chi connectivity index (χ0v) is 14.2. The summed E-state index contributed by atoms with van der Waals surface area (Å²) < 4.78 is 5.57. The molecule has 1 heterocycles. The van der Waals surface area contributed by atoms with Gasteiger partial charge in [0.15, 0.2) is 0 Å². The molecule has 2 aromatic carbocycles. The van der Waals surface area contributed by atoms with Crippen LogP contribution in [0.5, 0.6) is 0 Å². The molecule has 3 heteroatoms. The Morgan fingerprint density at radius 3 is 2.71 bits per heavy atom. The van der Waals surface area contributed by atoms with E-state index in [1.165, 1.54) is 5.56 Å². The van der Waals surface area contributed by atoms with Crippen molar-refractivity contribution in [2.24, 2.45) is 0 Å². The summed E-state index contributed by atoms with van der Waals surface area (Å²) in [6, 6.07) is 16.4. The van der Waals surface area contributed by atoms with E-state index in [2.05, 4.69) is 24.4 Å². The summed E-state index contributed by atoms with van der Waals surface area (Å²) >= 11 is 0. The molecule has 0 fully saturated rings. The van der Waals surface area contributed by atoms with Crippen molar-refractivity contribution in [1.82, 2.24) is 5.32 Å². The van der Waals surface area contributed by atoms with Crippen LogP contribution >= 0.6 is 0 Å². The Morgan fingerprint density at radius 2 is 1.96 bits per heavy atom. The van der Waals surface area contributed by atoms with Gasteiger partial charge in [-0.1, -0.05) is 49.4 Å². The molecule has 0 spiro atoms. The highest BCUT2D eigenvalue weighted by Gasteiger charge is 2.13. The Labute approximate surface area is 142 Å². The molecule has 0 aliphatic rings. The molecule has 0 radical (unpaired) electrons. The Balaban J connectivity index is 1.62. The fourth-order valence-electron chi connectivity index (χ4n) is 3.02. The Hall–Kier alpha value is -2.55. The molecule has 1 amide bonds. The average Bonchev–Trinajstić information content (AvgIpc) is 2.98. The molecule has 124 valence electrons. The van der Waals surface area contributed by atoms with Crippen LogP contribution < -0.4 is 5.32 Å². The van der Waals surface area contributed by atoms with E-state index in [-0.39, 0.29) is 5.91 Å². The highest BCUT2D eigenvalue weighted by Crippen LogP contribution is 2.23. The van der Waals surface area contributed by atoms with Crippen LogP contribution in [-0.4, -0.2) is 12.5 Å². The van der Waals surface area contributed by atoms with Crippen molar-refractivity contribution in [2.45, 2.75) is 32.6 Å². The minimum absolute atomic E-state index is 0.0349. The molecule has 0 aliphatic heterocycles. The van der Waals surface area contributed by atoms with Crippen LogP contribution in [0, 0.1) is 6.92 Å². The number of hydrogen-bond donors (Lipinski definition) is 1. The number of hydrogen-bond acceptors (Lipinski definition) is 2. The van der Waals surface area contributed by atoms with E-state index in [1.54, 1.807) is 6.26 Å². The van der Waals surface area contributed by atoms with Crippen molar-refractivity contribution in [3.8, 4) is 0 Å². The topological polar surface area (TPSA) is 42.2 Å². The summed E-state index contributed by atoms with van der Waals surface area (Å²) in [6.07, 6.45) is 3.04. The zero-order valence-electron chi connectivity index (χ0n) is 14.2. The third-order valence-electron chi connectivity index (χ3n) is 4.47. The molecular formula is C21H23NO2. The molecule has 0 saturated carbocycles. The lowest BCUT2D eigenvalue weighted by atomic mass is 9.96. The monoisotopic (exact) mass is 321 g/mol. The van der Waals surface area contributed by atoms with Crippen molar-refractivity contribution in [3.05, 3.63) is 71.5 Å². The van der Waals surface area contributed by atoms with Crippen molar-refractivity contribution < 1.29 is 9.21 Å². The van der Waals surface area contributed by atoms with Crippen LogP contribution in [0.25, 0.3) is 11.0 Å². The number of carbonyl (C=O) groups excluding carboxylic acids is 1. The van der Waals surface area contributed by atoms with E-state index >= 15 is 0 Å². The number of nitrogens with one attached hydrogen (secondary N) is 1. The van der Waals surface area contributed by atoms with Gasteiger partial charge in [-0.3, -0.25) is 4.79 Å². The SMILES string of the molecule is CCC(CNC(=O)Cc1coc2cc(C)ccc12)c1ccccc1. The first kappa shape index (κ1) is 16.3. The first-order chi connectivity index (χ1) is 11.7. The third kappa shape index (κ3) is 3.67. The van der Waals surface area contributed by atoms with E-state index in [4.69, 9.17) is 4.42 Å². The number of rotatable bonds is 6. The minimum Gasteiger partial charge on any atom is -0.464 e. The fourth-order valence-corrected chi connectivity index (χ4v) is 3.02. The summed E-state index contributed by atoms with van der Waals surface area (Å²) in [5, 5.41) is 4.09. The predicted molar refractivity (Wildman–Crippen MR) is 97.1 cm³/mol. The average molecular weight is 321 g/mol. The molecule has 0 saturated heterocycles. The van der Waals surface area contributed by atoms with Crippen LogP contribution in [0.2, 0.25) is 0 Å². The van der Waals surface area contributed by atoms with Gasteiger partial charge in [0.25, 0.3) is 0 Å². The second kappa shape index (κ2) is 7.35. The normalized spacial score (nSPS) is 12.2. The van der Waals surface area contributed by atoms with Crippen molar-refractivity contribution >= 4 is 16.9 Å². The quantitative estimate of drug-likeness (QED) is 0.721. The van der Waals surface area contributed by atoms with E-state index < -0.39 is 0 Å². The lowest BCUT2D eigenvalue weighted by molar-refractivity contribution is -0.120. The second-order valence-electron chi connectivity index (χ2n) is 6.26. The second-order valence-corrected chi connectivity index (χ2v) is 6.26. The van der Waals surface area contributed by atoms with Crippen LogP contribution in [0.3, 0.4) is 0 Å². The van der Waals surface area contributed by atoms with Gasteiger partial charge in [0.05, 0.1) is 12.7 Å². The van der Waals surface area contributed by atoms with Crippen molar-refractivity contribution in [3.63, 3.8) is 0 Å². The van der Waals surface area contributed by atoms with Gasteiger partial charge in [0, 0.05) is 23.4 Å². The van der Waals surface area contributed by atoms with Gasteiger partial charge in [0.1, 0.15) is 5.58 Å². The molecule has 3 aromatic rings. The Bertz CT molecular complexity index is 820. The Kier molecular flexibility index (Phi) is 4.99. The van der Waals surface area contributed by atoms with E-state index in [9.17, 15) is 4.79 Å². The molecule has 24 heavy (non-hydrogen) atoms. The van der Waals surface area contributed by atoms with Gasteiger partial charge in [-0.25, -0.2) is 0 Å². The number of aryl methyl sites for hydroxylation is 1. The van der Waals surface area contributed by atoms with Gasteiger partial charge in [-0.15, -0.1) is 0 Å². The number of carbonyl (C=O) groups is 1. The maximum atomic E-state index is 12.3. The summed E-state index contributed by atoms with van der Waals surface area (Å²) in [4.78, 5) is 12.3. The van der Waals surface area contributed by atoms with Crippen molar-refractivity contribution in [1.29, 1.82) is 0 Å². The lowest BCUT2D eigenvalue weighted by Crippen LogP contribution is -2.29. The van der Waals surface area contributed by atoms with Crippen molar-refractivity contribution in [2.75, 3.05) is 6.54 Å². The molecule has 3 rings (SSSR count). The predicted octanol–water partition coefficient (Wildman–Crippen LogP) is 4.59. The van der Waals surface area contributed by atoms with Crippen LogP contribution in [-0.2, 0) is 11.2 Å². The lowest BCUT2D eigenvalue weighted by Gasteiger charge is -2.16. The van der Waals surface area contributed by atoms with Crippen LogP contribution in [0.1, 0.15) is 36.0 Å². The van der Waals surface area contributed by atoms with E-state index in [1.807, 2.05) is 43.3 Å². The molecule has 3 nitrogen and oxygen atoms in total. The summed E-state index contributed by atoms with van der Waals surface area (Å²) in [7, 11) is 0. The van der Waals surface area contributed by atoms with Crippen LogP contribution in [0.15, 0.2) is 59.2 Å². The minimum atomic E-state index is 0.0349. The van der Waals surface area contributed by atoms with Gasteiger partial charge in [-0.2, -0.15) is 0 Å². The van der Waals surface area contributed by atoms with Gasteiger partial charge >= 0.3 is 0 Å². The largest absolute Gasteiger partial charge is 0.464 e. The highest BCUT2D eigenvalue weighted by atomic mass is 16.3. The third-order valence-corrected chi connectivity index (χ3v) is 4.47. The molecule has 1 unspecified atom stereocenters. The fraction of sp³-hybridized carbons (Fsp3) is 0.286. The van der Waals surface area contributed by atoms with Gasteiger partial charge < -0.3 is 9.73 Å². The maximum Gasteiger partial charge on any atom is 0.224 e.